The quantitative estimate of drug-likeness (QED) is 0.573. The molecule has 0 radical (unpaired) electrons. The molecular formula is C22H29NO5. The molecule has 28 heavy (non-hydrogen) atoms. The van der Waals surface area contributed by atoms with Crippen molar-refractivity contribution in [1.29, 1.82) is 0 Å². The van der Waals surface area contributed by atoms with E-state index in [2.05, 4.69) is 0 Å². The number of rotatable bonds is 7. The summed E-state index contributed by atoms with van der Waals surface area (Å²) in [5.74, 6) is -0.385. The van der Waals surface area contributed by atoms with Crippen LogP contribution >= 0.6 is 0 Å². The fraction of sp³-hybridized carbons (Fsp3) is 0.545. The van der Waals surface area contributed by atoms with Crippen LogP contribution in [0.1, 0.15) is 44.1 Å². The van der Waals surface area contributed by atoms with Crippen molar-refractivity contribution in [2.75, 3.05) is 14.2 Å². The second-order valence-corrected chi connectivity index (χ2v) is 7.75. The summed E-state index contributed by atoms with van der Waals surface area (Å²) in [7, 11) is 2.97. The van der Waals surface area contributed by atoms with Crippen LogP contribution in [0.4, 0.5) is 4.79 Å². The van der Waals surface area contributed by atoms with Crippen LogP contribution in [0.5, 0.6) is 0 Å². The molecular weight excluding hydrogens is 358 g/mol. The number of carbonyl (C=O) groups excluding carboxylic acids is 2. The third kappa shape index (κ3) is 4.38. The fourth-order valence-corrected chi connectivity index (χ4v) is 4.10. The number of hydrogen-bond donors (Lipinski definition) is 1. The van der Waals surface area contributed by atoms with E-state index in [0.29, 0.717) is 6.42 Å². The Morgan fingerprint density at radius 3 is 2.54 bits per heavy atom. The number of nitrogens with zero attached hydrogens (tertiary/aromatic N) is 1. The van der Waals surface area contributed by atoms with Gasteiger partial charge in [-0.25, -0.2) is 9.59 Å². The summed E-state index contributed by atoms with van der Waals surface area (Å²) in [6, 6.07) is 9.44. The zero-order valence-corrected chi connectivity index (χ0v) is 16.6. The van der Waals surface area contributed by atoms with Gasteiger partial charge < -0.3 is 14.6 Å². The van der Waals surface area contributed by atoms with E-state index < -0.39 is 23.7 Å². The highest BCUT2D eigenvalue weighted by atomic mass is 16.6. The lowest BCUT2D eigenvalue weighted by molar-refractivity contribution is -0.155. The molecule has 0 aromatic heterocycles. The monoisotopic (exact) mass is 387 g/mol. The minimum absolute atomic E-state index is 0.0363. The van der Waals surface area contributed by atoms with Gasteiger partial charge in [-0.15, -0.1) is 0 Å². The van der Waals surface area contributed by atoms with Crippen LogP contribution in [0, 0.1) is 5.92 Å². The van der Waals surface area contributed by atoms with E-state index >= 15 is 0 Å². The standard InChI is InChI=1S/C22H29NO5/c1-23(21(26)28-15-16-7-4-3-5-8-16)22(18-11-12-18,20(25)27-2)14-17-9-6-10-19(24)13-17/h3-5,7-8,13,18-19,24H,6,9-12,14-15H2,1-2H3. The van der Waals surface area contributed by atoms with Crippen LogP contribution in [0.3, 0.4) is 0 Å². The van der Waals surface area contributed by atoms with Crippen LogP contribution < -0.4 is 0 Å². The molecule has 2 aliphatic carbocycles. The number of likely N-dealkylation sites (N-methyl/N-ethyl adjacent to an activating group) is 1. The number of benzene rings is 1. The molecule has 1 fully saturated rings. The van der Waals surface area contributed by atoms with Crippen LogP contribution in [0.2, 0.25) is 0 Å². The van der Waals surface area contributed by atoms with Crippen LogP contribution in [0.25, 0.3) is 0 Å². The Morgan fingerprint density at radius 1 is 1.21 bits per heavy atom. The van der Waals surface area contributed by atoms with Gasteiger partial charge in [-0.3, -0.25) is 4.90 Å². The topological polar surface area (TPSA) is 76.1 Å². The number of carbonyl (C=O) groups is 2. The van der Waals surface area contributed by atoms with Gasteiger partial charge >= 0.3 is 12.1 Å². The predicted molar refractivity (Wildman–Crippen MR) is 104 cm³/mol. The molecule has 0 bridgehead atoms. The lowest BCUT2D eigenvalue weighted by Crippen LogP contribution is -2.58. The number of aliphatic hydroxyl groups excluding tert-OH is 1. The number of methoxy groups -OCH3 is 1. The lowest BCUT2D eigenvalue weighted by atomic mass is 9.81. The van der Waals surface area contributed by atoms with Crippen molar-refractivity contribution < 1.29 is 24.2 Å². The third-order valence-corrected chi connectivity index (χ3v) is 5.79. The first kappa shape index (κ1) is 20.4. The molecule has 3 rings (SSSR count). The SMILES string of the molecule is COC(=O)C(CC1=CC(O)CCC1)(C1CC1)N(C)C(=O)OCc1ccccc1. The molecule has 1 aromatic rings. The number of ether oxygens (including phenoxy) is 2. The molecule has 1 N–H and O–H groups in total. The second kappa shape index (κ2) is 8.78. The molecule has 1 amide bonds. The van der Waals surface area contributed by atoms with Gasteiger partial charge in [0.2, 0.25) is 0 Å². The van der Waals surface area contributed by atoms with Crippen molar-refractivity contribution in [3.63, 3.8) is 0 Å². The number of esters is 1. The van der Waals surface area contributed by atoms with Crippen LogP contribution in [-0.4, -0.2) is 47.9 Å². The van der Waals surface area contributed by atoms with E-state index in [9.17, 15) is 14.7 Å². The Labute approximate surface area is 166 Å². The minimum Gasteiger partial charge on any atom is -0.467 e. The van der Waals surface area contributed by atoms with Gasteiger partial charge in [0, 0.05) is 13.5 Å². The summed E-state index contributed by atoms with van der Waals surface area (Å²) in [6.07, 6.45) is 5.31. The Kier molecular flexibility index (Phi) is 6.39. The van der Waals surface area contributed by atoms with E-state index in [4.69, 9.17) is 9.47 Å². The van der Waals surface area contributed by atoms with Crippen molar-refractivity contribution >= 4 is 12.1 Å². The molecule has 0 saturated heterocycles. The summed E-state index contributed by atoms with van der Waals surface area (Å²) < 4.78 is 10.6. The van der Waals surface area contributed by atoms with Crippen LogP contribution in [-0.2, 0) is 20.9 Å². The average Bonchev–Trinajstić information content (AvgIpc) is 3.55. The zero-order chi connectivity index (χ0) is 20.1. The van der Waals surface area contributed by atoms with Gasteiger partial charge in [0.1, 0.15) is 12.1 Å². The molecule has 2 unspecified atom stereocenters. The normalized spacial score (nSPS) is 21.2. The predicted octanol–water partition coefficient (Wildman–Crippen LogP) is 3.44. The largest absolute Gasteiger partial charge is 0.467 e. The minimum atomic E-state index is -1.09. The van der Waals surface area contributed by atoms with E-state index in [1.54, 1.807) is 7.05 Å². The molecule has 1 aromatic carbocycles. The fourth-order valence-electron chi connectivity index (χ4n) is 4.10. The summed E-state index contributed by atoms with van der Waals surface area (Å²) in [4.78, 5) is 27.2. The molecule has 1 saturated carbocycles. The summed E-state index contributed by atoms with van der Waals surface area (Å²) in [5, 5.41) is 9.99. The summed E-state index contributed by atoms with van der Waals surface area (Å²) in [6.45, 7) is 0.146. The van der Waals surface area contributed by atoms with Gasteiger partial charge in [-0.2, -0.15) is 0 Å². The van der Waals surface area contributed by atoms with Crippen molar-refractivity contribution in [2.24, 2.45) is 5.92 Å². The highest BCUT2D eigenvalue weighted by Gasteiger charge is 2.57. The van der Waals surface area contributed by atoms with E-state index in [0.717, 1.165) is 43.2 Å². The van der Waals surface area contributed by atoms with Gasteiger partial charge in [0.25, 0.3) is 0 Å². The molecule has 2 atom stereocenters. The molecule has 0 spiro atoms. The van der Waals surface area contributed by atoms with Gasteiger partial charge in [0.05, 0.1) is 13.2 Å². The number of amides is 1. The van der Waals surface area contributed by atoms with Crippen molar-refractivity contribution in [3.8, 4) is 0 Å². The maximum absolute atomic E-state index is 12.9. The summed E-state index contributed by atoms with van der Waals surface area (Å²) >= 11 is 0. The molecule has 0 aliphatic heterocycles. The molecule has 0 heterocycles. The smallest absolute Gasteiger partial charge is 0.410 e. The lowest BCUT2D eigenvalue weighted by Gasteiger charge is -2.40. The summed E-state index contributed by atoms with van der Waals surface area (Å²) in [5.41, 5.74) is 0.794. The molecule has 2 aliphatic rings. The first-order valence-electron chi connectivity index (χ1n) is 9.88. The Morgan fingerprint density at radius 2 is 1.93 bits per heavy atom. The molecule has 6 nitrogen and oxygen atoms in total. The Balaban J connectivity index is 1.81. The number of hydrogen-bond acceptors (Lipinski definition) is 5. The molecule has 6 heteroatoms. The Bertz CT molecular complexity index is 728. The zero-order valence-electron chi connectivity index (χ0n) is 16.6. The first-order chi connectivity index (χ1) is 13.5. The van der Waals surface area contributed by atoms with Crippen molar-refractivity contribution in [2.45, 2.75) is 56.8 Å². The van der Waals surface area contributed by atoms with Crippen LogP contribution in [0.15, 0.2) is 42.0 Å². The van der Waals surface area contributed by atoms with Crippen molar-refractivity contribution in [3.05, 3.63) is 47.5 Å². The third-order valence-electron chi connectivity index (χ3n) is 5.79. The van der Waals surface area contributed by atoms with E-state index in [-0.39, 0.29) is 12.5 Å². The molecule has 152 valence electrons. The number of aliphatic hydroxyl groups is 1. The maximum atomic E-state index is 12.9. The maximum Gasteiger partial charge on any atom is 0.410 e. The Hall–Kier alpha value is -2.34. The first-order valence-corrected chi connectivity index (χ1v) is 9.88. The average molecular weight is 387 g/mol. The highest BCUT2D eigenvalue weighted by Crippen LogP contribution is 2.48. The van der Waals surface area contributed by atoms with E-state index in [1.807, 2.05) is 36.4 Å². The van der Waals surface area contributed by atoms with Gasteiger partial charge in [-0.05, 0) is 43.6 Å². The highest BCUT2D eigenvalue weighted by molar-refractivity contribution is 5.87. The second-order valence-electron chi connectivity index (χ2n) is 7.75. The van der Waals surface area contributed by atoms with Crippen molar-refractivity contribution in [1.82, 2.24) is 4.90 Å². The van der Waals surface area contributed by atoms with Gasteiger partial charge in [-0.1, -0.05) is 42.0 Å². The van der Waals surface area contributed by atoms with Gasteiger partial charge in [0.15, 0.2) is 0 Å². The van der Waals surface area contributed by atoms with E-state index in [1.165, 1.54) is 12.0 Å².